The molecule has 0 unspecified atom stereocenters. The Balaban J connectivity index is 1.77. The predicted octanol–water partition coefficient (Wildman–Crippen LogP) is 2.46. The Labute approximate surface area is 132 Å². The van der Waals surface area contributed by atoms with Crippen molar-refractivity contribution in [3.8, 4) is 0 Å². The molecule has 1 fully saturated rings. The van der Waals surface area contributed by atoms with Gasteiger partial charge in [-0.2, -0.15) is 0 Å². The normalized spacial score (nSPS) is 16.2. The monoisotopic (exact) mass is 300 g/mol. The van der Waals surface area contributed by atoms with E-state index in [1.165, 1.54) is 0 Å². The zero-order valence-electron chi connectivity index (χ0n) is 13.3. The fraction of sp³-hybridized carbons (Fsp3) is 0.444. The lowest BCUT2D eigenvalue weighted by Crippen LogP contribution is -2.47. The average molecular weight is 300 g/mol. The molecule has 118 valence electrons. The maximum Gasteiger partial charge on any atom is 0.244 e. The molecule has 1 N–H and O–H groups in total. The van der Waals surface area contributed by atoms with Crippen LogP contribution in [0.25, 0.3) is 6.08 Å². The first-order chi connectivity index (χ1) is 10.6. The second kappa shape index (κ2) is 7.78. The summed E-state index contributed by atoms with van der Waals surface area (Å²) in [7, 11) is 0. The van der Waals surface area contributed by atoms with E-state index in [4.69, 9.17) is 0 Å². The molecular formula is C18H24N2O2. The van der Waals surface area contributed by atoms with Crippen molar-refractivity contribution < 1.29 is 9.59 Å². The zero-order valence-corrected chi connectivity index (χ0v) is 13.3. The Hall–Kier alpha value is -2.10. The molecule has 1 aliphatic rings. The highest BCUT2D eigenvalue weighted by molar-refractivity contribution is 5.91. The van der Waals surface area contributed by atoms with Crippen molar-refractivity contribution in [3.05, 3.63) is 42.0 Å². The van der Waals surface area contributed by atoms with Crippen molar-refractivity contribution in [2.45, 2.75) is 32.7 Å². The van der Waals surface area contributed by atoms with E-state index in [9.17, 15) is 9.59 Å². The SMILES string of the molecule is CC(C)C(=O)N1CCC(NC(=O)/C=C/c2ccccc2)CC1. The number of rotatable bonds is 4. The van der Waals surface area contributed by atoms with Crippen LogP contribution >= 0.6 is 0 Å². The average Bonchev–Trinajstić information content (AvgIpc) is 2.54. The Morgan fingerprint density at radius 1 is 1.18 bits per heavy atom. The van der Waals surface area contributed by atoms with E-state index in [1.54, 1.807) is 6.08 Å². The first-order valence-corrected chi connectivity index (χ1v) is 7.88. The summed E-state index contributed by atoms with van der Waals surface area (Å²) in [6.45, 7) is 5.30. The summed E-state index contributed by atoms with van der Waals surface area (Å²) in [5, 5.41) is 3.01. The molecule has 4 nitrogen and oxygen atoms in total. The van der Waals surface area contributed by atoms with Crippen LogP contribution in [0.2, 0.25) is 0 Å². The van der Waals surface area contributed by atoms with Crippen LogP contribution in [0.4, 0.5) is 0 Å². The van der Waals surface area contributed by atoms with Crippen molar-refractivity contribution in [1.82, 2.24) is 10.2 Å². The molecule has 0 saturated carbocycles. The molecular weight excluding hydrogens is 276 g/mol. The second-order valence-corrected chi connectivity index (χ2v) is 6.01. The number of benzene rings is 1. The molecule has 0 bridgehead atoms. The third kappa shape index (κ3) is 4.72. The molecule has 4 heteroatoms. The van der Waals surface area contributed by atoms with Gasteiger partial charge in [0.25, 0.3) is 0 Å². The minimum atomic E-state index is -0.0718. The van der Waals surface area contributed by atoms with Gasteiger partial charge in [0.05, 0.1) is 0 Å². The number of nitrogens with one attached hydrogen (secondary N) is 1. The summed E-state index contributed by atoms with van der Waals surface area (Å²) in [4.78, 5) is 25.7. The van der Waals surface area contributed by atoms with Gasteiger partial charge in [-0.05, 0) is 24.5 Å². The number of likely N-dealkylation sites (tertiary alicyclic amines) is 1. The fourth-order valence-corrected chi connectivity index (χ4v) is 2.59. The van der Waals surface area contributed by atoms with Crippen molar-refractivity contribution in [3.63, 3.8) is 0 Å². The highest BCUT2D eigenvalue weighted by Crippen LogP contribution is 2.13. The standard InChI is InChI=1S/C18H24N2O2/c1-14(2)18(22)20-12-10-16(11-13-20)19-17(21)9-8-15-6-4-3-5-7-15/h3-9,14,16H,10-13H2,1-2H3,(H,19,21)/b9-8+. The highest BCUT2D eigenvalue weighted by Gasteiger charge is 2.24. The first kappa shape index (κ1) is 16.3. The summed E-state index contributed by atoms with van der Waals surface area (Å²) in [5.74, 6) is 0.172. The largest absolute Gasteiger partial charge is 0.350 e. The number of nitrogens with zero attached hydrogens (tertiary/aromatic N) is 1. The summed E-state index contributed by atoms with van der Waals surface area (Å²) < 4.78 is 0. The number of hydrogen-bond donors (Lipinski definition) is 1. The van der Waals surface area contributed by atoms with E-state index in [2.05, 4.69) is 5.32 Å². The summed E-state index contributed by atoms with van der Waals surface area (Å²) >= 11 is 0. The van der Waals surface area contributed by atoms with E-state index in [-0.39, 0.29) is 23.8 Å². The van der Waals surface area contributed by atoms with E-state index in [0.717, 1.165) is 31.5 Å². The van der Waals surface area contributed by atoms with Gasteiger partial charge in [0, 0.05) is 31.1 Å². The van der Waals surface area contributed by atoms with Crippen LogP contribution in [0.15, 0.2) is 36.4 Å². The lowest BCUT2D eigenvalue weighted by atomic mass is 10.0. The Bertz CT molecular complexity index is 529. The van der Waals surface area contributed by atoms with E-state index >= 15 is 0 Å². The molecule has 0 aliphatic carbocycles. The van der Waals surface area contributed by atoms with E-state index in [0.29, 0.717) is 0 Å². The van der Waals surface area contributed by atoms with Gasteiger partial charge >= 0.3 is 0 Å². The Morgan fingerprint density at radius 3 is 2.41 bits per heavy atom. The minimum absolute atomic E-state index is 0.0416. The highest BCUT2D eigenvalue weighted by atomic mass is 16.2. The molecule has 1 aromatic rings. The van der Waals surface area contributed by atoms with Crippen LogP contribution in [0.1, 0.15) is 32.3 Å². The van der Waals surface area contributed by atoms with Gasteiger partial charge in [-0.3, -0.25) is 9.59 Å². The number of carbonyl (C=O) groups excluding carboxylic acids is 2. The number of amides is 2. The molecule has 1 saturated heterocycles. The lowest BCUT2D eigenvalue weighted by Gasteiger charge is -2.33. The topological polar surface area (TPSA) is 49.4 Å². The summed E-state index contributed by atoms with van der Waals surface area (Å²) in [5.41, 5.74) is 1.01. The number of carbonyl (C=O) groups is 2. The van der Waals surface area contributed by atoms with Crippen LogP contribution in [0, 0.1) is 5.92 Å². The van der Waals surface area contributed by atoms with Crippen LogP contribution in [-0.4, -0.2) is 35.8 Å². The minimum Gasteiger partial charge on any atom is -0.350 e. The molecule has 1 aliphatic heterocycles. The molecule has 1 heterocycles. The van der Waals surface area contributed by atoms with Gasteiger partial charge in [-0.25, -0.2) is 0 Å². The third-order valence-corrected chi connectivity index (χ3v) is 3.87. The van der Waals surface area contributed by atoms with Gasteiger partial charge in [0.15, 0.2) is 0 Å². The molecule has 2 rings (SSSR count). The van der Waals surface area contributed by atoms with Crippen LogP contribution < -0.4 is 5.32 Å². The quantitative estimate of drug-likeness (QED) is 0.868. The lowest BCUT2D eigenvalue weighted by molar-refractivity contribution is -0.135. The van der Waals surface area contributed by atoms with Crippen LogP contribution in [0.3, 0.4) is 0 Å². The first-order valence-electron chi connectivity index (χ1n) is 7.88. The predicted molar refractivity (Wildman–Crippen MR) is 88.1 cm³/mol. The second-order valence-electron chi connectivity index (χ2n) is 6.01. The Morgan fingerprint density at radius 2 is 1.82 bits per heavy atom. The third-order valence-electron chi connectivity index (χ3n) is 3.87. The Kier molecular flexibility index (Phi) is 5.75. The number of piperidine rings is 1. The van der Waals surface area contributed by atoms with Crippen molar-refractivity contribution >= 4 is 17.9 Å². The van der Waals surface area contributed by atoms with Gasteiger partial charge in [-0.15, -0.1) is 0 Å². The summed E-state index contributed by atoms with van der Waals surface area (Å²) in [6.07, 6.45) is 5.03. The van der Waals surface area contributed by atoms with Crippen LogP contribution in [-0.2, 0) is 9.59 Å². The molecule has 0 atom stereocenters. The smallest absolute Gasteiger partial charge is 0.244 e. The van der Waals surface area contributed by atoms with Gasteiger partial charge in [0.2, 0.25) is 11.8 Å². The van der Waals surface area contributed by atoms with Crippen molar-refractivity contribution in [2.24, 2.45) is 5.92 Å². The van der Waals surface area contributed by atoms with Crippen molar-refractivity contribution in [1.29, 1.82) is 0 Å². The van der Waals surface area contributed by atoms with Gasteiger partial charge < -0.3 is 10.2 Å². The van der Waals surface area contributed by atoms with Gasteiger partial charge in [-0.1, -0.05) is 44.2 Å². The maximum atomic E-state index is 11.9. The van der Waals surface area contributed by atoms with E-state index in [1.807, 2.05) is 55.2 Å². The molecule has 0 spiro atoms. The maximum absolute atomic E-state index is 11.9. The fourth-order valence-electron chi connectivity index (χ4n) is 2.59. The summed E-state index contributed by atoms with van der Waals surface area (Å²) in [6, 6.07) is 9.91. The van der Waals surface area contributed by atoms with Crippen LogP contribution in [0.5, 0.6) is 0 Å². The molecule has 1 aromatic carbocycles. The molecule has 2 amide bonds. The van der Waals surface area contributed by atoms with Crippen molar-refractivity contribution in [2.75, 3.05) is 13.1 Å². The van der Waals surface area contributed by atoms with E-state index < -0.39 is 0 Å². The number of hydrogen-bond acceptors (Lipinski definition) is 2. The molecule has 0 aromatic heterocycles. The molecule has 0 radical (unpaired) electrons. The van der Waals surface area contributed by atoms with Gasteiger partial charge in [0.1, 0.15) is 0 Å². The zero-order chi connectivity index (χ0) is 15.9. The molecule has 22 heavy (non-hydrogen) atoms.